The van der Waals surface area contributed by atoms with Crippen molar-refractivity contribution in [3.05, 3.63) is 0 Å². The van der Waals surface area contributed by atoms with Crippen LogP contribution < -0.4 is 5.32 Å². The zero-order valence-electron chi connectivity index (χ0n) is 11.4. The van der Waals surface area contributed by atoms with E-state index < -0.39 is 12.0 Å². The van der Waals surface area contributed by atoms with Gasteiger partial charge in [-0.05, 0) is 25.2 Å². The first-order chi connectivity index (χ1) is 9.08. The molecule has 1 saturated heterocycles. The maximum Gasteiger partial charge on any atom is 0.327 e. The van der Waals surface area contributed by atoms with E-state index in [0.29, 0.717) is 19.0 Å². The molecule has 1 rings (SSSR count). The molecule has 2 atom stereocenters. The monoisotopic (exact) mass is 266 g/mol. The topological polar surface area (TPSA) is 69.6 Å². The van der Waals surface area contributed by atoms with E-state index >= 15 is 0 Å². The van der Waals surface area contributed by atoms with Gasteiger partial charge in [-0.15, -0.1) is 12.3 Å². The zero-order valence-corrected chi connectivity index (χ0v) is 11.4. The van der Waals surface area contributed by atoms with E-state index in [0.717, 1.165) is 25.7 Å². The van der Waals surface area contributed by atoms with E-state index in [-0.39, 0.29) is 12.5 Å². The van der Waals surface area contributed by atoms with E-state index in [9.17, 15) is 9.59 Å². The molecule has 0 bridgehead atoms. The molecule has 2 amide bonds. The minimum Gasteiger partial charge on any atom is -0.480 e. The van der Waals surface area contributed by atoms with Crippen molar-refractivity contribution >= 4 is 12.0 Å². The lowest BCUT2D eigenvalue weighted by molar-refractivity contribution is -0.139. The molecule has 1 heterocycles. The number of carbonyl (C=O) groups is 2. The molecule has 0 aromatic carbocycles. The summed E-state index contributed by atoms with van der Waals surface area (Å²) in [6, 6.07) is -1.32. The quantitative estimate of drug-likeness (QED) is 0.761. The van der Waals surface area contributed by atoms with Crippen molar-refractivity contribution in [2.75, 3.05) is 13.1 Å². The Hall–Kier alpha value is -1.70. The SMILES string of the molecule is C#CCC(NC(=O)N1CCCC(CC)CC1)C(=O)O. The Labute approximate surface area is 114 Å². The lowest BCUT2D eigenvalue weighted by atomic mass is 9.98. The number of carboxylic acids is 1. The third-order valence-electron chi connectivity index (χ3n) is 3.63. The van der Waals surface area contributed by atoms with Crippen LogP contribution in [0.3, 0.4) is 0 Å². The van der Waals surface area contributed by atoms with Crippen LogP contribution in [-0.2, 0) is 4.79 Å². The van der Waals surface area contributed by atoms with Crippen LogP contribution in [0.4, 0.5) is 4.79 Å². The average molecular weight is 266 g/mol. The summed E-state index contributed by atoms with van der Waals surface area (Å²) in [5, 5.41) is 11.5. The van der Waals surface area contributed by atoms with Gasteiger partial charge in [0.25, 0.3) is 0 Å². The molecule has 0 aromatic heterocycles. The summed E-state index contributed by atoms with van der Waals surface area (Å²) >= 11 is 0. The average Bonchev–Trinajstić information content (AvgIpc) is 2.63. The fraction of sp³-hybridized carbons (Fsp3) is 0.714. The van der Waals surface area contributed by atoms with Gasteiger partial charge in [-0.2, -0.15) is 0 Å². The number of hydrogen-bond donors (Lipinski definition) is 2. The van der Waals surface area contributed by atoms with Crippen LogP contribution in [0.25, 0.3) is 0 Å². The molecule has 1 fully saturated rings. The van der Waals surface area contributed by atoms with Gasteiger partial charge in [0.2, 0.25) is 0 Å². The largest absolute Gasteiger partial charge is 0.480 e. The van der Waals surface area contributed by atoms with Gasteiger partial charge in [0.15, 0.2) is 0 Å². The zero-order chi connectivity index (χ0) is 14.3. The highest BCUT2D eigenvalue weighted by molar-refractivity contribution is 5.82. The molecule has 106 valence electrons. The summed E-state index contributed by atoms with van der Waals surface area (Å²) in [4.78, 5) is 24.7. The number of rotatable bonds is 4. The molecule has 5 heteroatoms. The molecule has 5 nitrogen and oxygen atoms in total. The maximum absolute atomic E-state index is 12.0. The maximum atomic E-state index is 12.0. The molecule has 2 N–H and O–H groups in total. The van der Waals surface area contributed by atoms with Gasteiger partial charge in [-0.3, -0.25) is 0 Å². The predicted octanol–water partition coefficient (Wildman–Crippen LogP) is 1.68. The van der Waals surface area contributed by atoms with E-state index in [1.807, 2.05) is 0 Å². The Kier molecular flexibility index (Phi) is 6.20. The van der Waals surface area contributed by atoms with Crippen LogP contribution >= 0.6 is 0 Å². The first-order valence-corrected chi connectivity index (χ1v) is 6.80. The van der Waals surface area contributed by atoms with Crippen molar-refractivity contribution in [1.29, 1.82) is 0 Å². The van der Waals surface area contributed by atoms with Gasteiger partial charge in [0, 0.05) is 19.5 Å². The second-order valence-electron chi connectivity index (χ2n) is 4.94. The summed E-state index contributed by atoms with van der Waals surface area (Å²) < 4.78 is 0. The summed E-state index contributed by atoms with van der Waals surface area (Å²) in [5.74, 6) is 1.85. The highest BCUT2D eigenvalue weighted by Crippen LogP contribution is 2.20. The third-order valence-corrected chi connectivity index (χ3v) is 3.63. The Morgan fingerprint density at radius 3 is 2.79 bits per heavy atom. The molecular formula is C14H22N2O3. The van der Waals surface area contributed by atoms with E-state index in [2.05, 4.69) is 18.2 Å². The number of hydrogen-bond acceptors (Lipinski definition) is 2. The lowest BCUT2D eigenvalue weighted by Crippen LogP contribution is -2.48. The van der Waals surface area contributed by atoms with Gasteiger partial charge >= 0.3 is 12.0 Å². The van der Waals surface area contributed by atoms with Crippen LogP contribution in [0.1, 0.15) is 39.0 Å². The molecule has 1 aliphatic heterocycles. The van der Waals surface area contributed by atoms with Crippen molar-refractivity contribution in [3.8, 4) is 12.3 Å². The lowest BCUT2D eigenvalue weighted by Gasteiger charge is -2.23. The number of aliphatic carboxylic acids is 1. The Bertz CT molecular complexity index is 362. The van der Waals surface area contributed by atoms with E-state index in [1.54, 1.807) is 4.90 Å². The number of carbonyl (C=O) groups excluding carboxylic acids is 1. The van der Waals surface area contributed by atoms with Crippen LogP contribution in [0.2, 0.25) is 0 Å². The smallest absolute Gasteiger partial charge is 0.327 e. The van der Waals surface area contributed by atoms with Gasteiger partial charge in [-0.1, -0.05) is 13.3 Å². The Balaban J connectivity index is 2.52. The van der Waals surface area contributed by atoms with Crippen LogP contribution in [-0.4, -0.2) is 41.1 Å². The first-order valence-electron chi connectivity index (χ1n) is 6.80. The second-order valence-corrected chi connectivity index (χ2v) is 4.94. The summed E-state index contributed by atoms with van der Waals surface area (Å²) in [7, 11) is 0. The number of likely N-dealkylation sites (tertiary alicyclic amines) is 1. The highest BCUT2D eigenvalue weighted by atomic mass is 16.4. The van der Waals surface area contributed by atoms with Gasteiger partial charge in [0.1, 0.15) is 6.04 Å². The molecule has 0 radical (unpaired) electrons. The van der Waals surface area contributed by atoms with Crippen molar-refractivity contribution in [3.63, 3.8) is 0 Å². The number of amides is 2. The number of nitrogens with zero attached hydrogens (tertiary/aromatic N) is 1. The van der Waals surface area contributed by atoms with Crippen molar-refractivity contribution in [2.24, 2.45) is 5.92 Å². The van der Waals surface area contributed by atoms with Gasteiger partial charge in [-0.25, -0.2) is 9.59 Å². The molecule has 1 aliphatic rings. The number of urea groups is 1. The van der Waals surface area contributed by atoms with E-state index in [4.69, 9.17) is 11.5 Å². The predicted molar refractivity (Wildman–Crippen MR) is 72.6 cm³/mol. The summed E-state index contributed by atoms with van der Waals surface area (Å²) in [5.41, 5.74) is 0. The Morgan fingerprint density at radius 2 is 2.21 bits per heavy atom. The number of carboxylic acid groups (broad SMARTS) is 1. The Morgan fingerprint density at radius 1 is 1.47 bits per heavy atom. The van der Waals surface area contributed by atoms with Crippen molar-refractivity contribution in [2.45, 2.75) is 45.1 Å². The minimum absolute atomic E-state index is 0.00645. The fourth-order valence-corrected chi connectivity index (χ4v) is 2.33. The molecular weight excluding hydrogens is 244 g/mol. The molecule has 0 aromatic rings. The molecule has 19 heavy (non-hydrogen) atoms. The van der Waals surface area contributed by atoms with E-state index in [1.165, 1.54) is 0 Å². The number of terminal acetylenes is 1. The minimum atomic E-state index is -1.09. The van der Waals surface area contributed by atoms with Crippen LogP contribution in [0.5, 0.6) is 0 Å². The van der Waals surface area contributed by atoms with Gasteiger partial charge in [0.05, 0.1) is 0 Å². The normalized spacial score (nSPS) is 21.1. The molecule has 0 aliphatic carbocycles. The first kappa shape index (κ1) is 15.4. The second kappa shape index (κ2) is 7.67. The van der Waals surface area contributed by atoms with Crippen molar-refractivity contribution < 1.29 is 14.7 Å². The van der Waals surface area contributed by atoms with Crippen LogP contribution in [0, 0.1) is 18.3 Å². The fourth-order valence-electron chi connectivity index (χ4n) is 2.33. The standard InChI is InChI=1S/C14H22N2O3/c1-3-6-12(13(17)18)15-14(19)16-9-5-7-11(4-2)8-10-16/h1,11-12H,4-10H2,2H3,(H,15,19)(H,17,18). The van der Waals surface area contributed by atoms with Crippen LogP contribution in [0.15, 0.2) is 0 Å². The number of nitrogens with one attached hydrogen (secondary N) is 1. The molecule has 0 spiro atoms. The third kappa shape index (κ3) is 4.82. The summed E-state index contributed by atoms with van der Waals surface area (Å²) in [6.45, 7) is 3.53. The highest BCUT2D eigenvalue weighted by Gasteiger charge is 2.24. The molecule has 0 saturated carbocycles. The molecule has 2 unspecified atom stereocenters. The van der Waals surface area contributed by atoms with Gasteiger partial charge < -0.3 is 15.3 Å². The summed E-state index contributed by atoms with van der Waals surface area (Å²) in [6.07, 6.45) is 9.33. The van der Waals surface area contributed by atoms with Crippen molar-refractivity contribution in [1.82, 2.24) is 10.2 Å².